The Balaban J connectivity index is 2.30. The van der Waals surface area contributed by atoms with Crippen molar-refractivity contribution in [3.8, 4) is 17.2 Å². The van der Waals surface area contributed by atoms with Crippen molar-refractivity contribution in [2.75, 3.05) is 19.0 Å². The first-order valence-electron chi connectivity index (χ1n) is 5.48. The number of hydrogen-bond donors (Lipinski definition) is 0. The van der Waals surface area contributed by atoms with Gasteiger partial charge in [0.2, 0.25) is 0 Å². The maximum Gasteiger partial charge on any atom is 0.0991 e. The molecule has 0 radical (unpaired) electrons. The molecule has 0 N–H and O–H groups in total. The van der Waals surface area contributed by atoms with Crippen molar-refractivity contribution in [2.45, 2.75) is 0 Å². The SMILES string of the molecule is CN(C)c1ccc(-c2ccc(C#N)cc2)cc1. The summed E-state index contributed by atoms with van der Waals surface area (Å²) in [6.07, 6.45) is 0. The van der Waals surface area contributed by atoms with Gasteiger partial charge < -0.3 is 4.90 Å². The van der Waals surface area contributed by atoms with E-state index in [1.807, 2.05) is 38.4 Å². The summed E-state index contributed by atoms with van der Waals surface area (Å²) < 4.78 is 0. The standard InChI is InChI=1S/C15H14N2/c1-17(2)15-9-7-14(8-10-15)13-5-3-12(11-16)4-6-13/h3-10H,1-2H3. The smallest absolute Gasteiger partial charge is 0.0991 e. The molecule has 0 aliphatic rings. The average molecular weight is 222 g/mol. The van der Waals surface area contributed by atoms with Crippen molar-refractivity contribution < 1.29 is 0 Å². The highest BCUT2D eigenvalue weighted by atomic mass is 15.1. The third-order valence-corrected chi connectivity index (χ3v) is 2.73. The van der Waals surface area contributed by atoms with Crippen LogP contribution in [0.1, 0.15) is 5.56 Å². The molecule has 17 heavy (non-hydrogen) atoms. The van der Waals surface area contributed by atoms with Crippen molar-refractivity contribution in [3.05, 3.63) is 54.1 Å². The van der Waals surface area contributed by atoms with E-state index < -0.39 is 0 Å². The summed E-state index contributed by atoms with van der Waals surface area (Å²) >= 11 is 0. The summed E-state index contributed by atoms with van der Waals surface area (Å²) in [4.78, 5) is 2.07. The minimum atomic E-state index is 0.693. The Bertz CT molecular complexity index is 531. The third-order valence-electron chi connectivity index (χ3n) is 2.73. The van der Waals surface area contributed by atoms with Gasteiger partial charge in [-0.3, -0.25) is 0 Å². The second kappa shape index (κ2) is 4.71. The zero-order valence-electron chi connectivity index (χ0n) is 10.0. The van der Waals surface area contributed by atoms with Crippen LogP contribution < -0.4 is 4.90 Å². The van der Waals surface area contributed by atoms with Gasteiger partial charge in [0.1, 0.15) is 0 Å². The van der Waals surface area contributed by atoms with Crippen LogP contribution in [0.25, 0.3) is 11.1 Å². The lowest BCUT2D eigenvalue weighted by Crippen LogP contribution is -2.07. The minimum absolute atomic E-state index is 0.693. The summed E-state index contributed by atoms with van der Waals surface area (Å²) in [7, 11) is 4.05. The predicted octanol–water partition coefficient (Wildman–Crippen LogP) is 3.29. The molecule has 0 unspecified atom stereocenters. The van der Waals surface area contributed by atoms with Crippen LogP contribution in [-0.2, 0) is 0 Å². The van der Waals surface area contributed by atoms with Crippen molar-refractivity contribution >= 4 is 5.69 Å². The molecule has 0 aliphatic carbocycles. The Hall–Kier alpha value is -2.27. The first kappa shape index (κ1) is 11.2. The Morgan fingerprint density at radius 1 is 0.824 bits per heavy atom. The van der Waals surface area contributed by atoms with E-state index in [1.54, 1.807) is 0 Å². The molecule has 2 aromatic rings. The van der Waals surface area contributed by atoms with E-state index in [9.17, 15) is 0 Å². The maximum atomic E-state index is 8.74. The molecule has 2 heteroatoms. The number of hydrogen-bond acceptors (Lipinski definition) is 2. The molecular formula is C15H14N2. The van der Waals surface area contributed by atoms with Crippen LogP contribution in [-0.4, -0.2) is 14.1 Å². The molecule has 0 saturated carbocycles. The summed E-state index contributed by atoms with van der Waals surface area (Å²) in [6, 6.07) is 18.1. The van der Waals surface area contributed by atoms with Crippen LogP contribution in [0.2, 0.25) is 0 Å². The molecule has 0 heterocycles. The van der Waals surface area contributed by atoms with Crippen molar-refractivity contribution in [3.63, 3.8) is 0 Å². The van der Waals surface area contributed by atoms with Crippen LogP contribution >= 0.6 is 0 Å². The van der Waals surface area contributed by atoms with E-state index in [-0.39, 0.29) is 0 Å². The molecule has 2 rings (SSSR count). The predicted molar refractivity (Wildman–Crippen MR) is 70.9 cm³/mol. The molecule has 0 atom stereocenters. The number of anilines is 1. The van der Waals surface area contributed by atoms with Gasteiger partial charge in [0, 0.05) is 19.8 Å². The largest absolute Gasteiger partial charge is 0.378 e. The number of rotatable bonds is 2. The Morgan fingerprint density at radius 2 is 1.29 bits per heavy atom. The molecule has 0 aromatic heterocycles. The molecule has 0 bridgehead atoms. The fourth-order valence-corrected chi connectivity index (χ4v) is 1.69. The van der Waals surface area contributed by atoms with Crippen molar-refractivity contribution in [1.82, 2.24) is 0 Å². The molecule has 2 nitrogen and oxygen atoms in total. The van der Waals surface area contributed by atoms with Gasteiger partial charge >= 0.3 is 0 Å². The molecule has 84 valence electrons. The lowest BCUT2D eigenvalue weighted by atomic mass is 10.0. The van der Waals surface area contributed by atoms with Crippen LogP contribution in [0.5, 0.6) is 0 Å². The molecule has 0 fully saturated rings. The van der Waals surface area contributed by atoms with E-state index in [0.717, 1.165) is 5.56 Å². The highest BCUT2D eigenvalue weighted by molar-refractivity contribution is 5.66. The fourth-order valence-electron chi connectivity index (χ4n) is 1.69. The normalized spacial score (nSPS) is 9.71. The zero-order valence-corrected chi connectivity index (χ0v) is 10.0. The Morgan fingerprint density at radius 3 is 1.71 bits per heavy atom. The van der Waals surface area contributed by atoms with Gasteiger partial charge in [-0.25, -0.2) is 0 Å². The lowest BCUT2D eigenvalue weighted by molar-refractivity contribution is 1.13. The fraction of sp³-hybridized carbons (Fsp3) is 0.133. The van der Waals surface area contributed by atoms with Crippen LogP contribution in [0.4, 0.5) is 5.69 Å². The molecular weight excluding hydrogens is 208 g/mol. The van der Waals surface area contributed by atoms with Gasteiger partial charge in [0.05, 0.1) is 11.6 Å². The summed E-state index contributed by atoms with van der Waals surface area (Å²) in [5.74, 6) is 0. The zero-order chi connectivity index (χ0) is 12.3. The summed E-state index contributed by atoms with van der Waals surface area (Å²) in [5, 5.41) is 8.74. The summed E-state index contributed by atoms with van der Waals surface area (Å²) in [5.41, 5.74) is 4.18. The summed E-state index contributed by atoms with van der Waals surface area (Å²) in [6.45, 7) is 0. The van der Waals surface area contributed by atoms with E-state index in [2.05, 4.69) is 35.2 Å². The molecule has 0 saturated heterocycles. The first-order chi connectivity index (χ1) is 8.20. The molecule has 0 spiro atoms. The second-order valence-corrected chi connectivity index (χ2v) is 4.13. The second-order valence-electron chi connectivity index (χ2n) is 4.13. The highest BCUT2D eigenvalue weighted by Crippen LogP contribution is 2.22. The van der Waals surface area contributed by atoms with Gasteiger partial charge in [-0.15, -0.1) is 0 Å². The van der Waals surface area contributed by atoms with Gasteiger partial charge in [0.15, 0.2) is 0 Å². The lowest BCUT2D eigenvalue weighted by Gasteiger charge is -2.12. The van der Waals surface area contributed by atoms with E-state index in [0.29, 0.717) is 5.56 Å². The van der Waals surface area contributed by atoms with Crippen molar-refractivity contribution in [1.29, 1.82) is 5.26 Å². The number of nitrogens with zero attached hydrogens (tertiary/aromatic N) is 2. The molecule has 0 aliphatic heterocycles. The molecule has 0 amide bonds. The van der Waals surface area contributed by atoms with Crippen LogP contribution in [0.15, 0.2) is 48.5 Å². The van der Waals surface area contributed by atoms with Crippen LogP contribution in [0.3, 0.4) is 0 Å². The number of nitriles is 1. The monoisotopic (exact) mass is 222 g/mol. The first-order valence-corrected chi connectivity index (χ1v) is 5.48. The number of benzene rings is 2. The maximum absolute atomic E-state index is 8.74. The van der Waals surface area contributed by atoms with Gasteiger partial charge in [0.25, 0.3) is 0 Å². The third kappa shape index (κ3) is 2.46. The van der Waals surface area contributed by atoms with E-state index in [4.69, 9.17) is 5.26 Å². The van der Waals surface area contributed by atoms with Gasteiger partial charge in [-0.2, -0.15) is 5.26 Å². The Labute approximate surface area is 102 Å². The minimum Gasteiger partial charge on any atom is -0.378 e. The van der Waals surface area contributed by atoms with E-state index in [1.165, 1.54) is 11.3 Å². The van der Waals surface area contributed by atoms with E-state index >= 15 is 0 Å². The van der Waals surface area contributed by atoms with Crippen molar-refractivity contribution in [2.24, 2.45) is 0 Å². The average Bonchev–Trinajstić information content (AvgIpc) is 2.39. The quantitative estimate of drug-likeness (QED) is 0.779. The highest BCUT2D eigenvalue weighted by Gasteiger charge is 1.99. The topological polar surface area (TPSA) is 27.0 Å². The van der Waals surface area contributed by atoms with Gasteiger partial charge in [-0.05, 0) is 35.4 Å². The van der Waals surface area contributed by atoms with Gasteiger partial charge in [-0.1, -0.05) is 24.3 Å². The van der Waals surface area contributed by atoms with Crippen LogP contribution in [0, 0.1) is 11.3 Å². The Kier molecular flexibility index (Phi) is 3.11. The molecule has 2 aromatic carbocycles.